The Morgan fingerprint density at radius 2 is 0.341 bits per heavy atom. The minimum Gasteiger partial charge on any atom is -0.455 e. The summed E-state index contributed by atoms with van der Waals surface area (Å²) in [5.41, 5.74) is 7.02. The highest BCUT2D eigenvalue weighted by molar-refractivity contribution is 6.52. The second-order valence-corrected chi connectivity index (χ2v) is 12.2. The van der Waals surface area contributed by atoms with Gasteiger partial charge in [0.15, 0.2) is 0 Å². The summed E-state index contributed by atoms with van der Waals surface area (Å²) in [6.07, 6.45) is 0. The van der Waals surface area contributed by atoms with Crippen LogP contribution in [0, 0.1) is 0 Å². The van der Waals surface area contributed by atoms with Crippen molar-refractivity contribution >= 4 is 131 Å². The molecule has 0 fully saturated rings. The first kappa shape index (κ1) is 20.8. The molecule has 0 aliphatic rings. The third kappa shape index (κ3) is 1.96. The van der Waals surface area contributed by atoms with Crippen LogP contribution in [0.2, 0.25) is 0 Å². The van der Waals surface area contributed by atoms with Crippen molar-refractivity contribution in [2.45, 2.75) is 0 Å². The summed E-state index contributed by atoms with van der Waals surface area (Å²) in [5, 5.41) is 17.0. The van der Waals surface area contributed by atoms with E-state index in [9.17, 15) is 0 Å². The standard InChI is InChI=1S/C40H16O4/c1-2-10-18-17(9-1)33-25-26-28-30-32-31-29-27(25)35(41-33)19-11-3-4-12-20(19)37(29)43-39(31)23-15-7-8-16-24(23)40(32)44-38(30)22-14-6-5-13-21(22)36(28)42-34(18)26/h1-16H. The Labute approximate surface area is 245 Å². The lowest BCUT2D eigenvalue weighted by Gasteiger charge is -2.07. The van der Waals surface area contributed by atoms with Crippen molar-refractivity contribution < 1.29 is 17.7 Å². The molecule has 0 atom stereocenters. The molecule has 0 aliphatic heterocycles. The van der Waals surface area contributed by atoms with Crippen molar-refractivity contribution in [3.8, 4) is 0 Å². The van der Waals surface area contributed by atoms with Crippen LogP contribution in [0.5, 0.6) is 0 Å². The highest BCUT2D eigenvalue weighted by Crippen LogP contribution is 2.57. The molecule has 0 amide bonds. The summed E-state index contributed by atoms with van der Waals surface area (Å²) in [4.78, 5) is 0. The summed E-state index contributed by atoms with van der Waals surface area (Å²) in [6, 6.07) is 33.8. The molecule has 0 aliphatic carbocycles. The Balaban J connectivity index is 1.58. The molecule has 4 heteroatoms. The normalized spacial score (nSPS) is 13.5. The van der Waals surface area contributed by atoms with Gasteiger partial charge in [-0.25, -0.2) is 0 Å². The smallest absolute Gasteiger partial charge is 0.144 e. The highest BCUT2D eigenvalue weighted by atomic mass is 16.4. The Morgan fingerprint density at radius 1 is 0.205 bits per heavy atom. The van der Waals surface area contributed by atoms with Crippen LogP contribution in [-0.4, -0.2) is 0 Å². The van der Waals surface area contributed by atoms with E-state index in [1.165, 1.54) is 0 Å². The minimum absolute atomic E-state index is 0.878. The second-order valence-electron chi connectivity index (χ2n) is 12.2. The lowest BCUT2D eigenvalue weighted by Crippen LogP contribution is -1.83. The summed E-state index contributed by atoms with van der Waals surface area (Å²) >= 11 is 0. The Kier molecular flexibility index (Phi) is 3.07. The first-order chi connectivity index (χ1) is 21.9. The molecular formula is C40H16O4. The van der Waals surface area contributed by atoms with Gasteiger partial charge in [0.25, 0.3) is 0 Å². The van der Waals surface area contributed by atoms with Gasteiger partial charge in [-0.3, -0.25) is 0 Å². The zero-order valence-electron chi connectivity index (χ0n) is 22.9. The Morgan fingerprint density at radius 3 is 0.477 bits per heavy atom. The number of rotatable bonds is 0. The van der Waals surface area contributed by atoms with Gasteiger partial charge in [0.2, 0.25) is 0 Å². The fraction of sp³-hybridized carbons (Fsp3) is 0. The van der Waals surface area contributed by atoms with Crippen LogP contribution in [0.25, 0.3) is 131 Å². The SMILES string of the molecule is c1ccc2c(c1)c1oc3c4ccccc4c4oc5c6ccccc6c6oc7c8ccccc8c8oc2c2c1c3c4c5c6c7c82. The molecule has 0 N–H and O–H groups in total. The van der Waals surface area contributed by atoms with Crippen LogP contribution in [0.1, 0.15) is 0 Å². The van der Waals surface area contributed by atoms with Gasteiger partial charge in [-0.2, -0.15) is 0 Å². The first-order valence-corrected chi connectivity index (χ1v) is 14.9. The monoisotopic (exact) mass is 560 g/mol. The molecular weight excluding hydrogens is 544 g/mol. The van der Waals surface area contributed by atoms with Gasteiger partial charge in [0, 0.05) is 86.2 Å². The fourth-order valence-electron chi connectivity index (χ4n) is 8.67. The zero-order chi connectivity index (χ0) is 28.0. The van der Waals surface area contributed by atoms with E-state index in [2.05, 4.69) is 97.1 Å². The molecule has 9 aromatic carbocycles. The largest absolute Gasteiger partial charge is 0.455 e. The topological polar surface area (TPSA) is 52.6 Å². The van der Waals surface area contributed by atoms with Gasteiger partial charge in [0.1, 0.15) is 44.7 Å². The van der Waals surface area contributed by atoms with Crippen molar-refractivity contribution in [3.63, 3.8) is 0 Å². The van der Waals surface area contributed by atoms with Crippen LogP contribution in [0.3, 0.4) is 0 Å². The molecule has 0 bridgehead atoms. The molecule has 4 nitrogen and oxygen atoms in total. The number of hydrogen-bond donors (Lipinski definition) is 0. The first-order valence-electron chi connectivity index (χ1n) is 14.9. The van der Waals surface area contributed by atoms with E-state index in [-0.39, 0.29) is 0 Å². The maximum Gasteiger partial charge on any atom is 0.144 e. The van der Waals surface area contributed by atoms with Gasteiger partial charge < -0.3 is 17.7 Å². The Bertz CT molecular complexity index is 2670. The predicted octanol–water partition coefficient (Wildman–Crippen LogP) is 12.2. The average molecular weight is 561 g/mol. The molecule has 13 aromatic rings. The molecule has 200 valence electrons. The van der Waals surface area contributed by atoms with Gasteiger partial charge in [-0.15, -0.1) is 0 Å². The van der Waals surface area contributed by atoms with E-state index in [4.69, 9.17) is 17.7 Å². The number of hydrogen-bond acceptors (Lipinski definition) is 4. The molecule has 0 saturated heterocycles. The van der Waals surface area contributed by atoms with Crippen LogP contribution in [0.15, 0.2) is 115 Å². The molecule has 4 aromatic heterocycles. The van der Waals surface area contributed by atoms with E-state index in [0.717, 1.165) is 131 Å². The molecule has 13 rings (SSSR count). The van der Waals surface area contributed by atoms with E-state index < -0.39 is 0 Å². The molecule has 0 radical (unpaired) electrons. The summed E-state index contributed by atoms with van der Waals surface area (Å²) in [6.45, 7) is 0. The van der Waals surface area contributed by atoms with Crippen molar-refractivity contribution in [2.24, 2.45) is 0 Å². The van der Waals surface area contributed by atoms with Gasteiger partial charge in [-0.1, -0.05) is 97.1 Å². The average Bonchev–Trinajstić information content (AvgIpc) is 3.84. The number of furan rings is 4. The maximum absolute atomic E-state index is 7.06. The second kappa shape index (κ2) is 6.48. The van der Waals surface area contributed by atoms with Crippen LogP contribution >= 0.6 is 0 Å². The van der Waals surface area contributed by atoms with Gasteiger partial charge in [-0.05, 0) is 0 Å². The van der Waals surface area contributed by atoms with Crippen LogP contribution < -0.4 is 0 Å². The summed E-state index contributed by atoms with van der Waals surface area (Å²) in [5.74, 6) is 0. The minimum atomic E-state index is 0.878. The lowest BCUT2D eigenvalue weighted by molar-refractivity contribution is 0.668. The highest BCUT2D eigenvalue weighted by Gasteiger charge is 2.33. The number of fused-ring (bicyclic) bond motifs is 12. The van der Waals surface area contributed by atoms with Crippen LogP contribution in [0.4, 0.5) is 0 Å². The predicted molar refractivity (Wildman–Crippen MR) is 179 cm³/mol. The van der Waals surface area contributed by atoms with Gasteiger partial charge in [0.05, 0.1) is 0 Å². The van der Waals surface area contributed by atoms with E-state index in [1.807, 2.05) is 0 Å². The zero-order valence-corrected chi connectivity index (χ0v) is 22.9. The van der Waals surface area contributed by atoms with Gasteiger partial charge >= 0.3 is 0 Å². The summed E-state index contributed by atoms with van der Waals surface area (Å²) in [7, 11) is 0. The molecule has 0 unspecified atom stereocenters. The fourth-order valence-corrected chi connectivity index (χ4v) is 8.67. The van der Waals surface area contributed by atoms with E-state index in [0.29, 0.717) is 0 Å². The molecule has 0 spiro atoms. The van der Waals surface area contributed by atoms with Crippen LogP contribution in [-0.2, 0) is 0 Å². The maximum atomic E-state index is 7.06. The van der Waals surface area contributed by atoms with Crippen molar-refractivity contribution in [3.05, 3.63) is 97.1 Å². The van der Waals surface area contributed by atoms with Crippen molar-refractivity contribution in [2.75, 3.05) is 0 Å². The third-order valence-corrected chi connectivity index (χ3v) is 10.3. The molecule has 4 heterocycles. The van der Waals surface area contributed by atoms with Crippen molar-refractivity contribution in [1.29, 1.82) is 0 Å². The molecule has 0 saturated carbocycles. The molecule has 44 heavy (non-hydrogen) atoms. The lowest BCUT2D eigenvalue weighted by atomic mass is 9.89. The quantitative estimate of drug-likeness (QED) is 0.185. The third-order valence-electron chi connectivity index (χ3n) is 10.3. The van der Waals surface area contributed by atoms with E-state index in [1.54, 1.807) is 0 Å². The Hall–Kier alpha value is -6.00. The summed E-state index contributed by atoms with van der Waals surface area (Å²) < 4.78 is 28.2. The van der Waals surface area contributed by atoms with Crippen molar-refractivity contribution in [1.82, 2.24) is 0 Å². The van der Waals surface area contributed by atoms with E-state index >= 15 is 0 Å². The number of benzene rings is 8.